The van der Waals surface area contributed by atoms with Gasteiger partial charge in [-0.1, -0.05) is 12.8 Å². The van der Waals surface area contributed by atoms with E-state index < -0.39 is 27.9 Å². The number of ether oxygens (including phenoxy) is 1. The summed E-state index contributed by atoms with van der Waals surface area (Å²) in [5, 5.41) is 0. The number of rotatable bonds is 4. The first-order valence-corrected chi connectivity index (χ1v) is 9.79. The molecule has 25 heavy (non-hydrogen) atoms. The standard InChI is InChI=1S/C16H23N3O5S/c1-18-9-11(8-13(18)15(17)20)25(22,23)19-12-6-4-3-5-10(12)7-14(19)16(21)24-2/h8-10,12,14H,3-7H2,1-2H3,(H2,17,20). The summed E-state index contributed by atoms with van der Waals surface area (Å²) < 4.78 is 34.1. The van der Waals surface area contributed by atoms with Crippen molar-refractivity contribution in [1.82, 2.24) is 8.87 Å². The fraction of sp³-hybridized carbons (Fsp3) is 0.625. The number of fused-ring (bicyclic) bond motifs is 1. The van der Waals surface area contributed by atoms with E-state index in [4.69, 9.17) is 10.5 Å². The lowest BCUT2D eigenvalue weighted by Crippen LogP contribution is -2.46. The van der Waals surface area contributed by atoms with Gasteiger partial charge in [-0.25, -0.2) is 8.42 Å². The average molecular weight is 369 g/mol. The fourth-order valence-corrected chi connectivity index (χ4v) is 6.08. The Balaban J connectivity index is 2.04. The first kappa shape index (κ1) is 17.9. The first-order chi connectivity index (χ1) is 11.8. The minimum Gasteiger partial charge on any atom is -0.468 e. The van der Waals surface area contributed by atoms with E-state index in [2.05, 4.69) is 0 Å². The first-order valence-electron chi connectivity index (χ1n) is 8.35. The van der Waals surface area contributed by atoms with Gasteiger partial charge in [0.25, 0.3) is 5.91 Å². The molecule has 2 heterocycles. The lowest BCUT2D eigenvalue weighted by Gasteiger charge is -2.32. The monoisotopic (exact) mass is 369 g/mol. The molecular formula is C16H23N3O5S. The van der Waals surface area contributed by atoms with Crippen LogP contribution >= 0.6 is 0 Å². The van der Waals surface area contributed by atoms with Crippen molar-refractivity contribution in [3.63, 3.8) is 0 Å². The van der Waals surface area contributed by atoms with Crippen LogP contribution in [0.1, 0.15) is 42.6 Å². The van der Waals surface area contributed by atoms with Crippen LogP contribution in [-0.2, 0) is 26.6 Å². The van der Waals surface area contributed by atoms with Crippen molar-refractivity contribution in [2.24, 2.45) is 18.7 Å². The molecular weight excluding hydrogens is 346 g/mol. The van der Waals surface area contributed by atoms with Gasteiger partial charge in [-0.15, -0.1) is 0 Å². The Bertz CT molecular complexity index is 801. The van der Waals surface area contributed by atoms with E-state index in [0.29, 0.717) is 6.42 Å². The van der Waals surface area contributed by atoms with Gasteiger partial charge in [-0.05, 0) is 31.2 Å². The van der Waals surface area contributed by atoms with Crippen LogP contribution in [0.3, 0.4) is 0 Å². The maximum Gasteiger partial charge on any atom is 0.324 e. The van der Waals surface area contributed by atoms with E-state index in [9.17, 15) is 18.0 Å². The lowest BCUT2D eigenvalue weighted by atomic mass is 9.85. The lowest BCUT2D eigenvalue weighted by molar-refractivity contribution is -0.144. The Kier molecular flexibility index (Phi) is 4.63. The van der Waals surface area contributed by atoms with E-state index in [-0.39, 0.29) is 22.5 Å². The van der Waals surface area contributed by atoms with Crippen LogP contribution in [0.4, 0.5) is 0 Å². The number of esters is 1. The van der Waals surface area contributed by atoms with Gasteiger partial charge >= 0.3 is 5.97 Å². The third kappa shape index (κ3) is 2.95. The SMILES string of the molecule is COC(=O)C1CC2CCCCC2N1S(=O)(=O)c1cc(C(N)=O)n(C)c1. The summed E-state index contributed by atoms with van der Waals surface area (Å²) >= 11 is 0. The van der Waals surface area contributed by atoms with Gasteiger partial charge in [0.1, 0.15) is 16.6 Å². The van der Waals surface area contributed by atoms with E-state index in [1.54, 1.807) is 7.05 Å². The highest BCUT2D eigenvalue weighted by atomic mass is 32.2. The number of aromatic nitrogens is 1. The molecule has 138 valence electrons. The second kappa shape index (κ2) is 6.45. The molecule has 2 N–H and O–H groups in total. The van der Waals surface area contributed by atoms with Crippen LogP contribution in [0.25, 0.3) is 0 Å². The zero-order valence-corrected chi connectivity index (χ0v) is 15.2. The maximum absolute atomic E-state index is 13.3. The number of hydrogen-bond donors (Lipinski definition) is 1. The smallest absolute Gasteiger partial charge is 0.324 e. The van der Waals surface area contributed by atoms with E-state index >= 15 is 0 Å². The van der Waals surface area contributed by atoms with Crippen molar-refractivity contribution in [2.75, 3.05) is 7.11 Å². The molecule has 2 aliphatic rings. The molecule has 9 heteroatoms. The van der Waals surface area contributed by atoms with Crippen LogP contribution in [-0.4, -0.2) is 48.4 Å². The number of carbonyl (C=O) groups excluding carboxylic acids is 2. The molecule has 0 bridgehead atoms. The number of aryl methyl sites for hydroxylation is 1. The summed E-state index contributed by atoms with van der Waals surface area (Å²) in [6.45, 7) is 0. The van der Waals surface area contributed by atoms with Gasteiger partial charge in [0.05, 0.1) is 7.11 Å². The zero-order chi connectivity index (χ0) is 18.4. The zero-order valence-electron chi connectivity index (χ0n) is 14.3. The molecule has 0 radical (unpaired) electrons. The van der Waals surface area contributed by atoms with Crippen LogP contribution in [0.5, 0.6) is 0 Å². The molecule has 1 aliphatic carbocycles. The van der Waals surface area contributed by atoms with Crippen molar-refractivity contribution in [3.05, 3.63) is 18.0 Å². The minimum atomic E-state index is -3.94. The number of sulfonamides is 1. The number of amides is 1. The van der Waals surface area contributed by atoms with Crippen LogP contribution in [0, 0.1) is 5.92 Å². The Morgan fingerprint density at radius 3 is 2.56 bits per heavy atom. The summed E-state index contributed by atoms with van der Waals surface area (Å²) in [7, 11) is -1.12. The number of primary amides is 1. The van der Waals surface area contributed by atoms with Crippen LogP contribution < -0.4 is 5.73 Å². The van der Waals surface area contributed by atoms with Gasteiger partial charge < -0.3 is 15.0 Å². The van der Waals surface area contributed by atoms with Crippen molar-refractivity contribution in [2.45, 2.75) is 49.1 Å². The number of hydrogen-bond acceptors (Lipinski definition) is 5. The van der Waals surface area contributed by atoms with Gasteiger partial charge in [0.2, 0.25) is 10.0 Å². The fourth-order valence-electron chi connectivity index (χ4n) is 4.14. The number of carbonyl (C=O) groups is 2. The van der Waals surface area contributed by atoms with Crippen molar-refractivity contribution >= 4 is 21.9 Å². The Labute approximate surface area is 147 Å². The van der Waals surface area contributed by atoms with Gasteiger partial charge in [0.15, 0.2) is 0 Å². The second-order valence-electron chi connectivity index (χ2n) is 6.76. The highest BCUT2D eigenvalue weighted by Gasteiger charge is 2.51. The molecule has 8 nitrogen and oxygen atoms in total. The molecule has 1 aliphatic heterocycles. The Morgan fingerprint density at radius 1 is 1.28 bits per heavy atom. The Morgan fingerprint density at radius 2 is 1.96 bits per heavy atom. The highest BCUT2D eigenvalue weighted by molar-refractivity contribution is 7.89. The van der Waals surface area contributed by atoms with Crippen molar-refractivity contribution in [1.29, 1.82) is 0 Å². The number of nitrogens with zero attached hydrogens (tertiary/aromatic N) is 2. The van der Waals surface area contributed by atoms with Crippen molar-refractivity contribution in [3.8, 4) is 0 Å². The molecule has 0 spiro atoms. The topological polar surface area (TPSA) is 112 Å². The molecule has 2 fully saturated rings. The summed E-state index contributed by atoms with van der Waals surface area (Å²) in [6.07, 6.45) is 5.45. The quantitative estimate of drug-likeness (QED) is 0.782. The normalized spacial score (nSPS) is 27.0. The second-order valence-corrected chi connectivity index (χ2v) is 8.60. The molecule has 3 rings (SSSR count). The van der Waals surface area contributed by atoms with Gasteiger partial charge in [0, 0.05) is 19.3 Å². The predicted octanol–water partition coefficient (Wildman–Crippen LogP) is 0.619. The van der Waals surface area contributed by atoms with Crippen molar-refractivity contribution < 1.29 is 22.7 Å². The van der Waals surface area contributed by atoms with E-state index in [1.165, 1.54) is 28.2 Å². The number of methoxy groups -OCH3 is 1. The molecule has 1 saturated carbocycles. The predicted molar refractivity (Wildman–Crippen MR) is 89.1 cm³/mol. The van der Waals surface area contributed by atoms with E-state index in [1.807, 2.05) is 0 Å². The maximum atomic E-state index is 13.3. The molecule has 3 atom stereocenters. The highest BCUT2D eigenvalue weighted by Crippen LogP contribution is 2.43. The molecule has 0 aromatic carbocycles. The summed E-state index contributed by atoms with van der Waals surface area (Å²) in [4.78, 5) is 23.6. The summed E-state index contributed by atoms with van der Waals surface area (Å²) in [5.74, 6) is -1.08. The molecule has 1 aromatic heterocycles. The average Bonchev–Trinajstić information content (AvgIpc) is 3.15. The van der Waals surface area contributed by atoms with E-state index in [0.717, 1.165) is 25.7 Å². The van der Waals surface area contributed by atoms with Gasteiger partial charge in [-0.2, -0.15) is 4.31 Å². The Hall–Kier alpha value is -1.87. The molecule has 1 saturated heterocycles. The summed E-state index contributed by atoms with van der Waals surface area (Å²) in [5.41, 5.74) is 5.39. The molecule has 3 unspecified atom stereocenters. The van der Waals surface area contributed by atoms with Crippen LogP contribution in [0.15, 0.2) is 17.2 Å². The third-order valence-corrected chi connectivity index (χ3v) is 7.21. The summed E-state index contributed by atoms with van der Waals surface area (Å²) in [6, 6.07) is 0.239. The van der Waals surface area contributed by atoms with Gasteiger partial charge in [-0.3, -0.25) is 9.59 Å². The van der Waals surface area contributed by atoms with Crippen LogP contribution in [0.2, 0.25) is 0 Å². The molecule has 1 amide bonds. The minimum absolute atomic E-state index is 0.0241. The largest absolute Gasteiger partial charge is 0.468 e. The third-order valence-electron chi connectivity index (χ3n) is 5.31. The number of nitrogens with two attached hydrogens (primary N) is 1. The molecule has 1 aromatic rings.